The molecule has 1 heterocycles. The number of aromatic nitrogens is 2. The maximum absolute atomic E-state index is 12.3. The van der Waals surface area contributed by atoms with E-state index in [-0.39, 0.29) is 18.9 Å². The van der Waals surface area contributed by atoms with Gasteiger partial charge in [0.2, 0.25) is 0 Å². The Kier molecular flexibility index (Phi) is 5.65. The van der Waals surface area contributed by atoms with Crippen molar-refractivity contribution >= 4 is 17.6 Å². The van der Waals surface area contributed by atoms with E-state index in [1.165, 1.54) is 11.1 Å². The van der Waals surface area contributed by atoms with E-state index in [1.807, 2.05) is 61.0 Å². The number of carbonyl (C=O) groups is 2. The van der Waals surface area contributed by atoms with Crippen LogP contribution in [0.25, 0.3) is 5.69 Å². The van der Waals surface area contributed by atoms with Crippen molar-refractivity contribution in [1.82, 2.24) is 9.78 Å². The molecule has 0 aliphatic heterocycles. The summed E-state index contributed by atoms with van der Waals surface area (Å²) < 4.78 is 7.03. The minimum Gasteiger partial charge on any atom is -0.455 e. The zero-order chi connectivity index (χ0) is 21.1. The highest BCUT2D eigenvalue weighted by atomic mass is 16.5. The molecular weight excluding hydrogens is 378 g/mol. The summed E-state index contributed by atoms with van der Waals surface area (Å²) in [5, 5.41) is 7.35. The molecule has 0 radical (unpaired) electrons. The van der Waals surface area contributed by atoms with Gasteiger partial charge >= 0.3 is 5.97 Å². The number of rotatable bonds is 6. The van der Waals surface area contributed by atoms with E-state index < -0.39 is 5.97 Å². The van der Waals surface area contributed by atoms with E-state index in [0.29, 0.717) is 0 Å². The second-order valence-electron chi connectivity index (χ2n) is 7.62. The van der Waals surface area contributed by atoms with Crippen molar-refractivity contribution in [2.75, 3.05) is 11.9 Å². The van der Waals surface area contributed by atoms with Crippen LogP contribution in [0.3, 0.4) is 0 Å². The average Bonchev–Trinajstić information content (AvgIpc) is 3.32. The van der Waals surface area contributed by atoms with Gasteiger partial charge in [-0.1, -0.05) is 24.3 Å². The topological polar surface area (TPSA) is 73.2 Å². The minimum atomic E-state index is -0.446. The third-order valence-electron chi connectivity index (χ3n) is 5.51. The number of nitrogens with one attached hydrogen (secondary N) is 1. The number of aryl methyl sites for hydroxylation is 3. The number of anilines is 1. The van der Waals surface area contributed by atoms with Gasteiger partial charge in [0.05, 0.1) is 17.8 Å². The zero-order valence-electron chi connectivity index (χ0n) is 17.3. The highest BCUT2D eigenvalue weighted by molar-refractivity contribution is 5.93. The molecule has 4 rings (SSSR count). The summed E-state index contributed by atoms with van der Waals surface area (Å²) >= 11 is 0. The third kappa shape index (κ3) is 4.27. The largest absolute Gasteiger partial charge is 0.455 e. The molecule has 0 bridgehead atoms. The number of para-hydroxylation sites is 1. The molecule has 1 aliphatic rings. The molecule has 0 saturated heterocycles. The van der Waals surface area contributed by atoms with Crippen molar-refractivity contribution in [2.45, 2.75) is 39.5 Å². The van der Waals surface area contributed by atoms with Crippen LogP contribution in [-0.2, 0) is 33.6 Å². The summed E-state index contributed by atoms with van der Waals surface area (Å²) in [7, 11) is 0. The number of hydrogen-bond donors (Lipinski definition) is 1. The van der Waals surface area contributed by atoms with Crippen LogP contribution in [0.1, 0.15) is 34.5 Å². The Bertz CT molecular complexity index is 1090. The lowest BCUT2D eigenvalue weighted by molar-refractivity contribution is -0.146. The standard InChI is InChI=1S/C24H25N3O3/c1-16-22(17(2)27(26-16)21-9-4-3-5-10-21)14-24(29)30-15-23(28)25-20-12-11-18-7-6-8-19(18)13-20/h3-5,9-13H,6-8,14-15H2,1-2H3,(H,25,28). The molecular formula is C24H25N3O3. The van der Waals surface area contributed by atoms with Gasteiger partial charge in [-0.15, -0.1) is 0 Å². The summed E-state index contributed by atoms with van der Waals surface area (Å²) in [6.07, 6.45) is 3.38. The SMILES string of the molecule is Cc1nn(-c2ccccc2)c(C)c1CC(=O)OCC(=O)Nc1ccc2c(c1)CCC2. The molecule has 0 spiro atoms. The molecule has 1 aromatic heterocycles. The summed E-state index contributed by atoms with van der Waals surface area (Å²) in [4.78, 5) is 24.5. The van der Waals surface area contributed by atoms with E-state index in [1.54, 1.807) is 0 Å². The van der Waals surface area contributed by atoms with Crippen LogP contribution in [0.2, 0.25) is 0 Å². The number of amides is 1. The highest BCUT2D eigenvalue weighted by Gasteiger charge is 2.18. The smallest absolute Gasteiger partial charge is 0.310 e. The first-order valence-electron chi connectivity index (χ1n) is 10.2. The van der Waals surface area contributed by atoms with Gasteiger partial charge in [-0.3, -0.25) is 9.59 Å². The minimum absolute atomic E-state index is 0.0800. The third-order valence-corrected chi connectivity index (χ3v) is 5.51. The van der Waals surface area contributed by atoms with Gasteiger partial charge in [-0.25, -0.2) is 4.68 Å². The van der Waals surface area contributed by atoms with Crippen LogP contribution in [-0.4, -0.2) is 28.3 Å². The molecule has 6 nitrogen and oxygen atoms in total. The summed E-state index contributed by atoms with van der Waals surface area (Å²) in [5.41, 5.74) is 6.79. The fourth-order valence-corrected chi connectivity index (χ4v) is 3.94. The predicted octanol–water partition coefficient (Wildman–Crippen LogP) is 3.70. The lowest BCUT2D eigenvalue weighted by Crippen LogP contribution is -2.22. The molecule has 1 aliphatic carbocycles. The highest BCUT2D eigenvalue weighted by Crippen LogP contribution is 2.25. The van der Waals surface area contributed by atoms with E-state index in [2.05, 4.69) is 16.5 Å². The number of hydrogen-bond acceptors (Lipinski definition) is 4. The molecule has 6 heteroatoms. The molecule has 0 unspecified atom stereocenters. The number of nitrogens with zero attached hydrogens (tertiary/aromatic N) is 2. The monoisotopic (exact) mass is 403 g/mol. The Morgan fingerprint density at radius 3 is 2.63 bits per heavy atom. The van der Waals surface area contributed by atoms with Crippen molar-refractivity contribution < 1.29 is 14.3 Å². The molecule has 30 heavy (non-hydrogen) atoms. The normalized spacial score (nSPS) is 12.5. The van der Waals surface area contributed by atoms with E-state index >= 15 is 0 Å². The quantitative estimate of drug-likeness (QED) is 0.637. The Morgan fingerprint density at radius 1 is 1.07 bits per heavy atom. The first-order valence-corrected chi connectivity index (χ1v) is 10.2. The molecule has 3 aromatic rings. The molecule has 0 fully saturated rings. The summed E-state index contributed by atoms with van der Waals surface area (Å²) in [5.74, 6) is -0.785. The van der Waals surface area contributed by atoms with Crippen LogP contribution >= 0.6 is 0 Å². The molecule has 1 N–H and O–H groups in total. The zero-order valence-corrected chi connectivity index (χ0v) is 17.3. The Morgan fingerprint density at radius 2 is 1.83 bits per heavy atom. The maximum atomic E-state index is 12.3. The van der Waals surface area contributed by atoms with Gasteiger partial charge < -0.3 is 10.1 Å². The van der Waals surface area contributed by atoms with Crippen molar-refractivity contribution in [3.63, 3.8) is 0 Å². The van der Waals surface area contributed by atoms with Crippen molar-refractivity contribution in [2.24, 2.45) is 0 Å². The number of fused-ring (bicyclic) bond motifs is 1. The van der Waals surface area contributed by atoms with Crippen LogP contribution in [0.15, 0.2) is 48.5 Å². The molecule has 0 saturated carbocycles. The van der Waals surface area contributed by atoms with Crippen molar-refractivity contribution in [1.29, 1.82) is 0 Å². The lowest BCUT2D eigenvalue weighted by atomic mass is 10.1. The van der Waals surface area contributed by atoms with Gasteiger partial charge in [-0.2, -0.15) is 5.10 Å². The van der Waals surface area contributed by atoms with Crippen LogP contribution in [0, 0.1) is 13.8 Å². The summed E-state index contributed by atoms with van der Waals surface area (Å²) in [6, 6.07) is 15.7. The average molecular weight is 403 g/mol. The van der Waals surface area contributed by atoms with E-state index in [4.69, 9.17) is 4.74 Å². The predicted molar refractivity (Wildman–Crippen MR) is 115 cm³/mol. The fourth-order valence-electron chi connectivity index (χ4n) is 3.94. The fraction of sp³-hybridized carbons (Fsp3) is 0.292. The van der Waals surface area contributed by atoms with Crippen LogP contribution < -0.4 is 5.32 Å². The lowest BCUT2D eigenvalue weighted by Gasteiger charge is -2.09. The second-order valence-corrected chi connectivity index (χ2v) is 7.62. The summed E-state index contributed by atoms with van der Waals surface area (Å²) in [6.45, 7) is 3.49. The van der Waals surface area contributed by atoms with Gasteiger partial charge in [-0.05, 0) is 68.5 Å². The maximum Gasteiger partial charge on any atom is 0.310 e. The Balaban J connectivity index is 1.34. The number of ether oxygens (including phenoxy) is 1. The van der Waals surface area contributed by atoms with E-state index in [9.17, 15) is 9.59 Å². The Labute approximate surface area is 175 Å². The van der Waals surface area contributed by atoms with Gasteiger partial charge in [0.1, 0.15) is 0 Å². The Hall–Kier alpha value is -3.41. The van der Waals surface area contributed by atoms with E-state index in [0.717, 1.165) is 47.6 Å². The first-order chi connectivity index (χ1) is 14.5. The number of benzene rings is 2. The van der Waals surface area contributed by atoms with Crippen LogP contribution in [0.4, 0.5) is 5.69 Å². The van der Waals surface area contributed by atoms with Crippen molar-refractivity contribution in [3.05, 3.63) is 76.6 Å². The van der Waals surface area contributed by atoms with Gasteiger partial charge in [0.15, 0.2) is 6.61 Å². The molecule has 1 amide bonds. The molecule has 0 atom stereocenters. The van der Waals surface area contributed by atoms with Gasteiger partial charge in [0.25, 0.3) is 5.91 Å². The number of esters is 1. The van der Waals surface area contributed by atoms with Crippen molar-refractivity contribution in [3.8, 4) is 5.69 Å². The number of carbonyl (C=O) groups excluding carboxylic acids is 2. The second kappa shape index (κ2) is 8.53. The first kappa shape index (κ1) is 19.9. The molecule has 154 valence electrons. The van der Waals surface area contributed by atoms with Crippen LogP contribution in [0.5, 0.6) is 0 Å². The molecule has 2 aromatic carbocycles. The van der Waals surface area contributed by atoms with Gasteiger partial charge in [0, 0.05) is 16.9 Å².